The molecule has 9 nitrogen and oxygen atoms in total. The van der Waals surface area contributed by atoms with Crippen LogP contribution in [0.4, 0.5) is 11.6 Å². The topological polar surface area (TPSA) is 112 Å². The minimum atomic E-state index is -1.15. The highest BCUT2D eigenvalue weighted by molar-refractivity contribution is 6.01. The molecule has 0 unspecified atom stereocenters. The van der Waals surface area contributed by atoms with Crippen LogP contribution in [0.25, 0.3) is 0 Å². The molecule has 1 aliphatic rings. The lowest BCUT2D eigenvalue weighted by Gasteiger charge is -2.35. The van der Waals surface area contributed by atoms with Crippen LogP contribution in [-0.4, -0.2) is 40.5 Å². The van der Waals surface area contributed by atoms with Crippen LogP contribution in [0.15, 0.2) is 12.1 Å². The van der Waals surface area contributed by atoms with Crippen LogP contribution in [0, 0.1) is 10.1 Å². The molecule has 0 bridgehead atoms. The zero-order valence-corrected chi connectivity index (χ0v) is 13.1. The predicted octanol–water partition coefficient (Wildman–Crippen LogP) is 1.45. The molecule has 0 spiro atoms. The van der Waals surface area contributed by atoms with Gasteiger partial charge in [-0.05, 0) is 36.7 Å². The number of nitrogens with zero attached hydrogens (tertiary/aromatic N) is 3. The molecule has 1 amide bonds. The van der Waals surface area contributed by atoms with E-state index in [2.05, 4.69) is 4.98 Å². The summed E-state index contributed by atoms with van der Waals surface area (Å²) < 4.78 is 10.4. The number of nitro groups is 1. The molecule has 0 saturated heterocycles. The van der Waals surface area contributed by atoms with Crippen LogP contribution >= 0.6 is 0 Å². The maximum Gasteiger partial charge on any atom is 0.366 e. The summed E-state index contributed by atoms with van der Waals surface area (Å²) in [6.07, 6.45) is -0.0422. The number of hydrogen-bond acceptors (Lipinski definition) is 7. The van der Waals surface area contributed by atoms with E-state index < -0.39 is 28.2 Å². The Balaban J connectivity index is 2.35. The van der Waals surface area contributed by atoms with Gasteiger partial charge in [-0.1, -0.05) is 0 Å². The second-order valence-corrected chi connectivity index (χ2v) is 5.37. The van der Waals surface area contributed by atoms with E-state index in [1.807, 2.05) is 0 Å². The van der Waals surface area contributed by atoms with Crippen molar-refractivity contribution in [2.45, 2.75) is 32.8 Å². The van der Waals surface area contributed by atoms with E-state index in [9.17, 15) is 19.7 Å². The lowest BCUT2D eigenvalue weighted by molar-refractivity contribution is -0.389. The van der Waals surface area contributed by atoms with Crippen molar-refractivity contribution in [3.8, 4) is 5.75 Å². The summed E-state index contributed by atoms with van der Waals surface area (Å²) >= 11 is 0. The fourth-order valence-corrected chi connectivity index (χ4v) is 2.18. The van der Waals surface area contributed by atoms with Crippen molar-refractivity contribution >= 4 is 23.5 Å². The van der Waals surface area contributed by atoms with E-state index in [0.717, 1.165) is 0 Å². The summed E-state index contributed by atoms with van der Waals surface area (Å²) in [5.41, 5.74) is -1.15. The zero-order valence-electron chi connectivity index (χ0n) is 13.1. The van der Waals surface area contributed by atoms with Crippen LogP contribution in [0.2, 0.25) is 0 Å². The molecule has 2 heterocycles. The van der Waals surface area contributed by atoms with Gasteiger partial charge in [0, 0.05) is 12.6 Å². The highest BCUT2D eigenvalue weighted by Gasteiger charge is 2.44. The molecule has 0 aromatic carbocycles. The summed E-state index contributed by atoms with van der Waals surface area (Å²) in [7, 11) is 0. The Morgan fingerprint density at radius 1 is 1.48 bits per heavy atom. The molecule has 0 fully saturated rings. The van der Waals surface area contributed by atoms with E-state index >= 15 is 0 Å². The van der Waals surface area contributed by atoms with E-state index in [0.29, 0.717) is 0 Å². The highest BCUT2D eigenvalue weighted by Crippen LogP contribution is 2.37. The Morgan fingerprint density at radius 2 is 2.17 bits per heavy atom. The van der Waals surface area contributed by atoms with Crippen LogP contribution in [0.1, 0.15) is 27.2 Å². The highest BCUT2D eigenvalue weighted by atomic mass is 16.6. The van der Waals surface area contributed by atoms with Gasteiger partial charge in [0.2, 0.25) is 0 Å². The number of anilines is 1. The van der Waals surface area contributed by atoms with Gasteiger partial charge in [0.15, 0.2) is 11.4 Å². The Hall–Kier alpha value is -2.71. The summed E-state index contributed by atoms with van der Waals surface area (Å²) in [6, 6.07) is 2.60. The Bertz CT molecular complexity index is 658. The molecule has 124 valence electrons. The maximum atomic E-state index is 12.5. The predicted molar refractivity (Wildman–Crippen MR) is 79.2 cm³/mol. The van der Waals surface area contributed by atoms with Crippen LogP contribution in [-0.2, 0) is 14.3 Å². The van der Waals surface area contributed by atoms with Gasteiger partial charge in [0.05, 0.1) is 13.0 Å². The lowest BCUT2D eigenvalue weighted by Crippen LogP contribution is -2.53. The maximum absolute atomic E-state index is 12.5. The van der Waals surface area contributed by atoms with Crippen molar-refractivity contribution in [1.82, 2.24) is 4.98 Å². The number of fused-ring (bicyclic) bond motifs is 1. The molecule has 1 aromatic heterocycles. The monoisotopic (exact) mass is 323 g/mol. The van der Waals surface area contributed by atoms with Gasteiger partial charge >= 0.3 is 11.8 Å². The average Bonchev–Trinajstić information content (AvgIpc) is 2.47. The molecule has 0 N–H and O–H groups in total. The molecule has 0 atom stereocenters. The van der Waals surface area contributed by atoms with E-state index in [4.69, 9.17) is 9.47 Å². The third-order valence-corrected chi connectivity index (χ3v) is 3.24. The Kier molecular flexibility index (Phi) is 4.48. The summed E-state index contributed by atoms with van der Waals surface area (Å²) in [6.45, 7) is 5.09. The second kappa shape index (κ2) is 6.19. The lowest BCUT2D eigenvalue weighted by atomic mass is 10.1. The number of aromatic nitrogens is 1. The third-order valence-electron chi connectivity index (χ3n) is 3.24. The number of amides is 1. The summed E-state index contributed by atoms with van der Waals surface area (Å²) in [5.74, 6) is -1.00. The zero-order chi connectivity index (χ0) is 17.2. The number of carbonyl (C=O) groups excluding carboxylic acids is 2. The normalized spacial score (nSPS) is 15.6. The molecule has 9 heteroatoms. The van der Waals surface area contributed by atoms with Gasteiger partial charge in [-0.2, -0.15) is 0 Å². The van der Waals surface area contributed by atoms with Gasteiger partial charge < -0.3 is 19.6 Å². The summed E-state index contributed by atoms with van der Waals surface area (Å²) in [5, 5.41) is 10.9. The number of rotatable bonds is 5. The minimum absolute atomic E-state index is 0.00558. The van der Waals surface area contributed by atoms with Crippen molar-refractivity contribution in [2.75, 3.05) is 18.1 Å². The Labute approximate surface area is 132 Å². The number of esters is 1. The van der Waals surface area contributed by atoms with Gasteiger partial charge in [0.1, 0.15) is 0 Å². The van der Waals surface area contributed by atoms with Crippen LogP contribution in [0.3, 0.4) is 0 Å². The van der Waals surface area contributed by atoms with Gasteiger partial charge in [-0.25, -0.2) is 0 Å². The van der Waals surface area contributed by atoms with Crippen LogP contribution in [0.5, 0.6) is 5.75 Å². The number of pyridine rings is 1. The Morgan fingerprint density at radius 3 is 2.78 bits per heavy atom. The van der Waals surface area contributed by atoms with Crippen molar-refractivity contribution < 1.29 is 24.0 Å². The molecule has 23 heavy (non-hydrogen) atoms. The standard InChI is InChI=1S/C14H17N3O6/c1-4-22-11(18)7-8-16-12-9(23-14(2,3)13(16)19)5-6-10(15-12)17(20)21/h5-6H,4,7-8H2,1-3H3. The number of carbonyl (C=O) groups is 2. The van der Waals surface area contributed by atoms with E-state index in [1.54, 1.807) is 20.8 Å². The smallest absolute Gasteiger partial charge is 0.366 e. The average molecular weight is 323 g/mol. The van der Waals surface area contributed by atoms with Crippen LogP contribution < -0.4 is 9.64 Å². The number of hydrogen-bond donors (Lipinski definition) is 0. The summed E-state index contributed by atoms with van der Waals surface area (Å²) in [4.78, 5) is 39.3. The quantitative estimate of drug-likeness (QED) is 0.458. The fraction of sp³-hybridized carbons (Fsp3) is 0.500. The molecule has 2 rings (SSSR count). The van der Waals surface area contributed by atoms with Crippen molar-refractivity contribution in [3.05, 3.63) is 22.2 Å². The minimum Gasteiger partial charge on any atom is -0.472 e. The van der Waals surface area contributed by atoms with Crippen molar-refractivity contribution in [3.63, 3.8) is 0 Å². The first-order valence-corrected chi connectivity index (χ1v) is 7.08. The fourth-order valence-electron chi connectivity index (χ4n) is 2.18. The molecular formula is C14H17N3O6. The molecule has 0 radical (unpaired) electrons. The van der Waals surface area contributed by atoms with Gasteiger partial charge in [-0.15, -0.1) is 0 Å². The van der Waals surface area contributed by atoms with E-state index in [-0.39, 0.29) is 31.1 Å². The SMILES string of the molecule is CCOC(=O)CCN1C(=O)C(C)(C)Oc2ccc([N+](=O)[O-])nc21. The first kappa shape index (κ1) is 16.7. The van der Waals surface area contributed by atoms with Gasteiger partial charge in [0.25, 0.3) is 11.7 Å². The van der Waals surface area contributed by atoms with E-state index in [1.165, 1.54) is 17.0 Å². The second-order valence-electron chi connectivity index (χ2n) is 5.37. The molecular weight excluding hydrogens is 306 g/mol. The van der Waals surface area contributed by atoms with Crippen molar-refractivity contribution in [2.24, 2.45) is 0 Å². The molecule has 1 aliphatic heterocycles. The van der Waals surface area contributed by atoms with Crippen molar-refractivity contribution in [1.29, 1.82) is 0 Å². The first-order valence-electron chi connectivity index (χ1n) is 7.08. The first-order chi connectivity index (χ1) is 10.8. The molecule has 0 aliphatic carbocycles. The molecule has 1 aromatic rings. The largest absolute Gasteiger partial charge is 0.472 e. The number of ether oxygens (including phenoxy) is 2. The molecule has 0 saturated carbocycles. The third kappa shape index (κ3) is 3.38. The van der Waals surface area contributed by atoms with Gasteiger partial charge in [-0.3, -0.25) is 14.5 Å².